The summed E-state index contributed by atoms with van der Waals surface area (Å²) >= 11 is 6.16. The van der Waals surface area contributed by atoms with Crippen LogP contribution in [0.3, 0.4) is 0 Å². The summed E-state index contributed by atoms with van der Waals surface area (Å²) in [7, 11) is 0. The first-order valence-corrected chi connectivity index (χ1v) is 13.9. The molecule has 0 aliphatic carbocycles. The molecule has 1 atom stereocenters. The van der Waals surface area contributed by atoms with Gasteiger partial charge in [0, 0.05) is 36.5 Å². The number of hydrogen-bond acceptors (Lipinski definition) is 6. The predicted octanol–water partition coefficient (Wildman–Crippen LogP) is 5.31. The molecule has 2 aromatic carbocycles. The Balaban J connectivity index is 1.25. The molecule has 2 aliphatic heterocycles. The van der Waals surface area contributed by atoms with E-state index in [2.05, 4.69) is 4.98 Å². The van der Waals surface area contributed by atoms with Crippen molar-refractivity contribution < 1.29 is 29.0 Å². The molecule has 1 N–H and O–H groups in total. The van der Waals surface area contributed by atoms with Crippen LogP contribution in [0.2, 0.25) is 5.02 Å². The summed E-state index contributed by atoms with van der Waals surface area (Å²) in [5.74, 6) is -0.183. The molecule has 0 bridgehead atoms. The third-order valence-corrected chi connectivity index (χ3v) is 7.75. The van der Waals surface area contributed by atoms with Crippen LogP contribution in [0.4, 0.5) is 5.69 Å². The lowest BCUT2D eigenvalue weighted by Crippen LogP contribution is -2.54. The zero-order valence-corrected chi connectivity index (χ0v) is 23.9. The van der Waals surface area contributed by atoms with Gasteiger partial charge in [-0.15, -0.1) is 0 Å². The van der Waals surface area contributed by atoms with Gasteiger partial charge in [-0.25, -0.2) is 4.98 Å². The second kappa shape index (κ2) is 11.4. The number of benzene rings is 2. The maximum Gasteiger partial charge on any atom is 0.312 e. The number of amides is 2. The number of para-hydroxylation sites is 1. The summed E-state index contributed by atoms with van der Waals surface area (Å²) in [6.07, 6.45) is 2.09. The highest BCUT2D eigenvalue weighted by Gasteiger charge is 2.39. The van der Waals surface area contributed by atoms with Gasteiger partial charge in [0.15, 0.2) is 6.10 Å². The Morgan fingerprint density at radius 2 is 1.80 bits per heavy atom. The van der Waals surface area contributed by atoms with E-state index in [-0.39, 0.29) is 24.5 Å². The number of carboxylic acid groups (broad SMARTS) is 1. The molecule has 41 heavy (non-hydrogen) atoms. The lowest BCUT2D eigenvalue weighted by atomic mass is 9.95. The number of pyridine rings is 1. The summed E-state index contributed by atoms with van der Waals surface area (Å²) < 4.78 is 11.6. The minimum absolute atomic E-state index is 0.0238. The third-order valence-electron chi connectivity index (χ3n) is 7.55. The summed E-state index contributed by atoms with van der Waals surface area (Å²) in [5, 5.41) is 9.83. The Morgan fingerprint density at radius 1 is 1.12 bits per heavy atom. The van der Waals surface area contributed by atoms with Crippen LogP contribution in [0.25, 0.3) is 11.1 Å². The van der Waals surface area contributed by atoms with Gasteiger partial charge in [-0.05, 0) is 63.4 Å². The summed E-state index contributed by atoms with van der Waals surface area (Å²) in [6, 6.07) is 16.3. The molecular formula is C31H32ClN3O6. The molecule has 0 radical (unpaired) electrons. The van der Waals surface area contributed by atoms with Crippen LogP contribution in [-0.2, 0) is 9.59 Å². The Hall–Kier alpha value is -4.11. The van der Waals surface area contributed by atoms with Gasteiger partial charge in [-0.2, -0.15) is 0 Å². The standard InChI is InChI=1S/C31H32ClN3O6/c1-19-28(36)35(25-16-22(32)17-33-27(25)41-19)23-12-14-34(15-13-23)29(37)21-10-8-20(9-11-21)24-6-4-5-7-26(24)40-18-31(2,3)30(38)39/h4-11,16-17,19,23H,12-15,18H2,1-3H3,(H,38,39)/t19-/m0/s1. The SMILES string of the molecule is C[C@@H]1Oc2ncc(Cl)cc2N(C2CCN(C(=O)c3ccc(-c4ccccc4OCC(C)(C)C(=O)O)cc3)CC2)C1=O. The van der Waals surface area contributed by atoms with E-state index in [4.69, 9.17) is 21.1 Å². The molecule has 0 unspecified atom stereocenters. The number of nitrogens with zero attached hydrogens (tertiary/aromatic N) is 3. The Bertz CT molecular complexity index is 1470. The number of carbonyl (C=O) groups is 3. The van der Waals surface area contributed by atoms with Gasteiger partial charge in [0.25, 0.3) is 11.8 Å². The second-order valence-corrected chi connectivity index (χ2v) is 11.5. The van der Waals surface area contributed by atoms with Gasteiger partial charge in [-0.3, -0.25) is 14.4 Å². The van der Waals surface area contributed by atoms with Crippen molar-refractivity contribution in [3.8, 4) is 22.8 Å². The van der Waals surface area contributed by atoms with E-state index in [1.54, 1.807) is 49.9 Å². The highest BCUT2D eigenvalue weighted by molar-refractivity contribution is 6.30. The fourth-order valence-corrected chi connectivity index (χ4v) is 5.19. The molecule has 10 heteroatoms. The molecule has 2 aliphatic rings. The molecule has 3 aromatic rings. The zero-order valence-electron chi connectivity index (χ0n) is 23.2. The Labute approximate surface area is 243 Å². The number of fused-ring (bicyclic) bond motifs is 1. The van der Waals surface area contributed by atoms with E-state index in [9.17, 15) is 19.5 Å². The summed E-state index contributed by atoms with van der Waals surface area (Å²) in [4.78, 5) is 45.7. The first-order chi connectivity index (χ1) is 19.5. The molecule has 214 valence electrons. The lowest BCUT2D eigenvalue weighted by Gasteiger charge is -2.41. The maximum absolute atomic E-state index is 13.4. The molecule has 1 saturated heterocycles. The fraction of sp³-hybridized carbons (Fsp3) is 0.355. The van der Waals surface area contributed by atoms with Crippen molar-refractivity contribution in [2.45, 2.75) is 45.8 Å². The molecular weight excluding hydrogens is 546 g/mol. The van der Waals surface area contributed by atoms with E-state index < -0.39 is 17.5 Å². The van der Waals surface area contributed by atoms with Crippen LogP contribution in [0.1, 0.15) is 44.0 Å². The van der Waals surface area contributed by atoms with Crippen LogP contribution in [0.15, 0.2) is 60.8 Å². The molecule has 1 fully saturated rings. The first kappa shape index (κ1) is 28.4. The van der Waals surface area contributed by atoms with E-state index in [1.165, 1.54) is 6.20 Å². The second-order valence-electron chi connectivity index (χ2n) is 11.0. The number of aliphatic carboxylic acids is 1. The first-order valence-electron chi connectivity index (χ1n) is 13.6. The quantitative estimate of drug-likeness (QED) is 0.405. The molecule has 0 spiro atoms. The number of halogens is 1. The van der Waals surface area contributed by atoms with Gasteiger partial charge < -0.3 is 24.4 Å². The molecule has 9 nitrogen and oxygen atoms in total. The maximum atomic E-state index is 13.4. The molecule has 0 saturated carbocycles. The minimum Gasteiger partial charge on any atom is -0.492 e. The highest BCUT2D eigenvalue weighted by atomic mass is 35.5. The van der Waals surface area contributed by atoms with Gasteiger partial charge in [0.05, 0.1) is 10.4 Å². The zero-order chi connectivity index (χ0) is 29.3. The number of piperidine rings is 1. The number of hydrogen-bond donors (Lipinski definition) is 1. The monoisotopic (exact) mass is 577 g/mol. The van der Waals surface area contributed by atoms with Crippen LogP contribution < -0.4 is 14.4 Å². The number of carbonyl (C=O) groups excluding carboxylic acids is 2. The van der Waals surface area contributed by atoms with Crippen molar-refractivity contribution in [2.75, 3.05) is 24.6 Å². The molecule has 1 aromatic heterocycles. The van der Waals surface area contributed by atoms with Crippen molar-refractivity contribution in [1.82, 2.24) is 9.88 Å². The molecule has 3 heterocycles. The van der Waals surface area contributed by atoms with Crippen molar-refractivity contribution in [3.05, 3.63) is 71.4 Å². The van der Waals surface area contributed by atoms with E-state index in [0.717, 1.165) is 11.1 Å². The van der Waals surface area contributed by atoms with E-state index in [0.29, 0.717) is 53.8 Å². The normalized spacial score (nSPS) is 17.6. The number of aromatic nitrogens is 1. The number of carboxylic acids is 1. The number of ether oxygens (including phenoxy) is 2. The van der Waals surface area contributed by atoms with Crippen LogP contribution in [0, 0.1) is 5.41 Å². The van der Waals surface area contributed by atoms with Crippen LogP contribution in [-0.4, -0.2) is 64.6 Å². The van der Waals surface area contributed by atoms with Crippen molar-refractivity contribution in [2.24, 2.45) is 5.41 Å². The van der Waals surface area contributed by atoms with Gasteiger partial charge in [-0.1, -0.05) is 41.9 Å². The van der Waals surface area contributed by atoms with Gasteiger partial charge in [0.1, 0.15) is 18.0 Å². The van der Waals surface area contributed by atoms with E-state index >= 15 is 0 Å². The van der Waals surface area contributed by atoms with Crippen LogP contribution >= 0.6 is 11.6 Å². The Kier molecular flexibility index (Phi) is 7.91. The largest absolute Gasteiger partial charge is 0.492 e. The van der Waals surface area contributed by atoms with Crippen molar-refractivity contribution in [3.63, 3.8) is 0 Å². The molecule has 2 amide bonds. The average Bonchev–Trinajstić information content (AvgIpc) is 2.97. The van der Waals surface area contributed by atoms with Crippen LogP contribution in [0.5, 0.6) is 11.6 Å². The minimum atomic E-state index is -1.03. The summed E-state index contributed by atoms with van der Waals surface area (Å²) in [6.45, 7) is 5.97. The number of rotatable bonds is 7. The van der Waals surface area contributed by atoms with Gasteiger partial charge >= 0.3 is 5.97 Å². The smallest absolute Gasteiger partial charge is 0.312 e. The number of anilines is 1. The van der Waals surface area contributed by atoms with Gasteiger partial charge in [0.2, 0.25) is 5.88 Å². The Morgan fingerprint density at radius 3 is 2.49 bits per heavy atom. The average molecular weight is 578 g/mol. The van der Waals surface area contributed by atoms with Crippen molar-refractivity contribution in [1.29, 1.82) is 0 Å². The lowest BCUT2D eigenvalue weighted by molar-refractivity contribution is -0.148. The fourth-order valence-electron chi connectivity index (χ4n) is 5.04. The van der Waals surface area contributed by atoms with E-state index in [1.807, 2.05) is 35.2 Å². The molecule has 5 rings (SSSR count). The van der Waals surface area contributed by atoms with Crippen molar-refractivity contribution >= 4 is 35.1 Å². The number of likely N-dealkylation sites (tertiary alicyclic amines) is 1. The predicted molar refractivity (Wildman–Crippen MR) is 155 cm³/mol. The third kappa shape index (κ3) is 5.86. The highest BCUT2D eigenvalue weighted by Crippen LogP contribution is 2.37. The topological polar surface area (TPSA) is 109 Å². The summed E-state index contributed by atoms with van der Waals surface area (Å²) in [5.41, 5.74) is 1.77.